The minimum Gasteiger partial charge on any atom is -0.496 e. The number of carbonyl (C=O) groups is 2. The Kier molecular flexibility index (Phi) is 5.43. The van der Waals surface area contributed by atoms with Gasteiger partial charge in [-0.3, -0.25) is 14.5 Å². The summed E-state index contributed by atoms with van der Waals surface area (Å²) in [5.74, 6) is 0.0233. The van der Waals surface area contributed by atoms with Crippen LogP contribution in [0.2, 0.25) is 0 Å². The van der Waals surface area contributed by atoms with Crippen molar-refractivity contribution >= 4 is 46.3 Å². The number of rotatable bonds is 4. The predicted octanol–water partition coefficient (Wildman–Crippen LogP) is 2.69. The first-order chi connectivity index (χ1) is 10.9. The molecule has 2 rings (SSSR count). The van der Waals surface area contributed by atoms with Gasteiger partial charge in [-0.05, 0) is 48.7 Å². The SMILES string of the molecule is COC(=O)CN1C(=O)/C(=C/c2cc(C)c(OC)cc2C)SC1=S. The van der Waals surface area contributed by atoms with Crippen LogP contribution in [0.25, 0.3) is 6.08 Å². The lowest BCUT2D eigenvalue weighted by molar-refractivity contribution is -0.143. The van der Waals surface area contributed by atoms with Crippen LogP contribution in [0.5, 0.6) is 5.75 Å². The molecule has 122 valence electrons. The van der Waals surface area contributed by atoms with Gasteiger partial charge in [0.1, 0.15) is 16.6 Å². The van der Waals surface area contributed by atoms with Gasteiger partial charge < -0.3 is 9.47 Å². The highest BCUT2D eigenvalue weighted by molar-refractivity contribution is 8.26. The molecule has 1 aliphatic rings. The van der Waals surface area contributed by atoms with E-state index in [1.807, 2.05) is 26.0 Å². The summed E-state index contributed by atoms with van der Waals surface area (Å²) < 4.78 is 10.2. The summed E-state index contributed by atoms with van der Waals surface area (Å²) in [7, 11) is 2.90. The van der Waals surface area contributed by atoms with Crippen LogP contribution in [-0.4, -0.2) is 41.9 Å². The Morgan fingerprint density at radius 2 is 2.00 bits per heavy atom. The molecular formula is C16H17NO4S2. The molecule has 0 saturated carbocycles. The van der Waals surface area contributed by atoms with Crippen LogP contribution >= 0.6 is 24.0 Å². The second-order valence-electron chi connectivity index (χ2n) is 5.02. The molecule has 1 amide bonds. The first kappa shape index (κ1) is 17.5. The number of nitrogens with zero attached hydrogens (tertiary/aromatic N) is 1. The Bertz CT molecular complexity index is 712. The monoisotopic (exact) mass is 351 g/mol. The van der Waals surface area contributed by atoms with Gasteiger partial charge in [0.05, 0.1) is 19.1 Å². The average Bonchev–Trinajstić information content (AvgIpc) is 2.77. The molecule has 7 heteroatoms. The Morgan fingerprint density at radius 1 is 1.30 bits per heavy atom. The summed E-state index contributed by atoms with van der Waals surface area (Å²) in [5.41, 5.74) is 2.89. The van der Waals surface area contributed by atoms with E-state index in [9.17, 15) is 9.59 Å². The molecule has 0 spiro atoms. The van der Waals surface area contributed by atoms with E-state index in [4.69, 9.17) is 17.0 Å². The van der Waals surface area contributed by atoms with E-state index < -0.39 is 5.97 Å². The highest BCUT2D eigenvalue weighted by Gasteiger charge is 2.33. The second kappa shape index (κ2) is 7.14. The van der Waals surface area contributed by atoms with Gasteiger partial charge >= 0.3 is 5.97 Å². The van der Waals surface area contributed by atoms with E-state index in [0.717, 1.165) is 22.4 Å². The Labute approximate surface area is 144 Å². The van der Waals surface area contributed by atoms with Crippen molar-refractivity contribution in [2.24, 2.45) is 0 Å². The fourth-order valence-corrected chi connectivity index (χ4v) is 3.40. The molecular weight excluding hydrogens is 334 g/mol. The maximum Gasteiger partial charge on any atom is 0.325 e. The molecule has 0 radical (unpaired) electrons. The summed E-state index contributed by atoms with van der Waals surface area (Å²) in [4.78, 5) is 25.5. The van der Waals surface area contributed by atoms with E-state index in [2.05, 4.69) is 4.74 Å². The number of thiocarbonyl (C=S) groups is 1. The Balaban J connectivity index is 2.31. The number of ether oxygens (including phenoxy) is 2. The summed E-state index contributed by atoms with van der Waals surface area (Å²) in [6.45, 7) is 3.72. The van der Waals surface area contributed by atoms with Crippen LogP contribution < -0.4 is 4.74 Å². The minimum atomic E-state index is -0.501. The molecule has 1 fully saturated rings. The molecule has 1 heterocycles. The van der Waals surface area contributed by atoms with Crippen LogP contribution in [-0.2, 0) is 14.3 Å². The maximum atomic E-state index is 12.4. The number of esters is 1. The van der Waals surface area contributed by atoms with Crippen molar-refractivity contribution in [3.05, 3.63) is 33.7 Å². The first-order valence-electron chi connectivity index (χ1n) is 6.84. The number of methoxy groups -OCH3 is 2. The number of hydrogen-bond acceptors (Lipinski definition) is 6. The smallest absolute Gasteiger partial charge is 0.325 e. The molecule has 0 aromatic heterocycles. The molecule has 1 aromatic carbocycles. The molecule has 5 nitrogen and oxygen atoms in total. The topological polar surface area (TPSA) is 55.8 Å². The van der Waals surface area contributed by atoms with Gasteiger partial charge in [-0.1, -0.05) is 24.0 Å². The third-order valence-electron chi connectivity index (χ3n) is 3.46. The van der Waals surface area contributed by atoms with Crippen LogP contribution in [0.15, 0.2) is 17.0 Å². The van der Waals surface area contributed by atoms with Gasteiger partial charge in [0.2, 0.25) is 0 Å². The number of benzene rings is 1. The van der Waals surface area contributed by atoms with Crippen molar-refractivity contribution in [3.63, 3.8) is 0 Å². The molecule has 1 aromatic rings. The lowest BCUT2D eigenvalue weighted by Crippen LogP contribution is -2.33. The van der Waals surface area contributed by atoms with Crippen molar-refractivity contribution in [1.29, 1.82) is 0 Å². The largest absolute Gasteiger partial charge is 0.496 e. The van der Waals surface area contributed by atoms with Gasteiger partial charge in [0, 0.05) is 0 Å². The number of hydrogen-bond donors (Lipinski definition) is 0. The summed E-state index contributed by atoms with van der Waals surface area (Å²) in [6.07, 6.45) is 1.79. The van der Waals surface area contributed by atoms with Crippen molar-refractivity contribution in [3.8, 4) is 5.75 Å². The second-order valence-corrected chi connectivity index (χ2v) is 6.70. The van der Waals surface area contributed by atoms with Gasteiger partial charge in [-0.2, -0.15) is 0 Å². The molecule has 1 saturated heterocycles. The lowest BCUT2D eigenvalue weighted by Gasteiger charge is -2.12. The molecule has 1 aliphatic heterocycles. The molecule has 0 unspecified atom stereocenters. The average molecular weight is 351 g/mol. The number of amides is 1. The third-order valence-corrected chi connectivity index (χ3v) is 4.84. The number of carbonyl (C=O) groups excluding carboxylic acids is 2. The third kappa shape index (κ3) is 3.73. The predicted molar refractivity (Wildman–Crippen MR) is 94.4 cm³/mol. The van der Waals surface area contributed by atoms with Crippen LogP contribution in [0, 0.1) is 13.8 Å². The zero-order chi connectivity index (χ0) is 17.1. The first-order valence-corrected chi connectivity index (χ1v) is 8.07. The van der Waals surface area contributed by atoms with Gasteiger partial charge in [0.15, 0.2) is 0 Å². The van der Waals surface area contributed by atoms with Crippen molar-refractivity contribution < 1.29 is 19.1 Å². The zero-order valence-corrected chi connectivity index (χ0v) is 15.0. The van der Waals surface area contributed by atoms with Crippen LogP contribution in [0.4, 0.5) is 0 Å². The van der Waals surface area contributed by atoms with E-state index in [1.54, 1.807) is 13.2 Å². The van der Waals surface area contributed by atoms with Crippen molar-refractivity contribution in [2.75, 3.05) is 20.8 Å². The molecule has 0 atom stereocenters. The summed E-state index contributed by atoms with van der Waals surface area (Å²) >= 11 is 6.36. The van der Waals surface area contributed by atoms with Crippen molar-refractivity contribution in [1.82, 2.24) is 4.90 Å². The normalized spacial score (nSPS) is 16.2. The zero-order valence-electron chi connectivity index (χ0n) is 13.3. The fourth-order valence-electron chi connectivity index (χ4n) is 2.16. The van der Waals surface area contributed by atoms with Gasteiger partial charge in [-0.15, -0.1) is 0 Å². The molecule has 0 N–H and O–H groups in total. The van der Waals surface area contributed by atoms with Gasteiger partial charge in [-0.25, -0.2) is 0 Å². The van der Waals surface area contributed by atoms with Gasteiger partial charge in [0.25, 0.3) is 5.91 Å². The highest BCUT2D eigenvalue weighted by atomic mass is 32.2. The molecule has 23 heavy (non-hydrogen) atoms. The van der Waals surface area contributed by atoms with E-state index in [1.165, 1.54) is 23.8 Å². The molecule has 0 bridgehead atoms. The Morgan fingerprint density at radius 3 is 2.61 bits per heavy atom. The number of thioether (sulfide) groups is 1. The van der Waals surface area contributed by atoms with E-state index in [-0.39, 0.29) is 12.5 Å². The maximum absolute atomic E-state index is 12.4. The summed E-state index contributed by atoms with van der Waals surface area (Å²) in [5, 5.41) is 0. The number of aryl methyl sites for hydroxylation is 2. The lowest BCUT2D eigenvalue weighted by atomic mass is 10.0. The van der Waals surface area contributed by atoms with E-state index >= 15 is 0 Å². The Hall–Kier alpha value is -1.86. The molecule has 0 aliphatic carbocycles. The quantitative estimate of drug-likeness (QED) is 0.472. The minimum absolute atomic E-state index is 0.168. The van der Waals surface area contributed by atoms with E-state index in [0.29, 0.717) is 9.23 Å². The van der Waals surface area contributed by atoms with Crippen LogP contribution in [0.1, 0.15) is 16.7 Å². The summed E-state index contributed by atoms with van der Waals surface area (Å²) in [6, 6.07) is 3.89. The highest BCUT2D eigenvalue weighted by Crippen LogP contribution is 2.34. The fraction of sp³-hybridized carbons (Fsp3) is 0.312. The van der Waals surface area contributed by atoms with Crippen LogP contribution in [0.3, 0.4) is 0 Å². The van der Waals surface area contributed by atoms with Crippen molar-refractivity contribution in [2.45, 2.75) is 13.8 Å². The standard InChI is InChI=1S/C16H17NO4S2/c1-9-6-12(20-3)10(2)5-11(9)7-13-15(19)17(16(22)23-13)8-14(18)21-4/h5-7H,8H2,1-4H3/b13-7-.